The number of terminal acetylenes is 1. The predicted molar refractivity (Wildman–Crippen MR) is 61.6 cm³/mol. The highest BCUT2D eigenvalue weighted by Crippen LogP contribution is 2.23. The van der Waals surface area contributed by atoms with Gasteiger partial charge in [-0.15, -0.1) is 6.42 Å². The van der Waals surface area contributed by atoms with Gasteiger partial charge < -0.3 is 5.32 Å². The maximum absolute atomic E-state index is 5.24. The smallest absolute Gasteiger partial charge is 0.141 e. The highest BCUT2D eigenvalue weighted by molar-refractivity contribution is 9.11. The van der Waals surface area contributed by atoms with Gasteiger partial charge in [0.1, 0.15) is 5.82 Å². The van der Waals surface area contributed by atoms with E-state index in [4.69, 9.17) is 6.42 Å². The number of rotatable bonds is 2. The van der Waals surface area contributed by atoms with Gasteiger partial charge in [0.15, 0.2) is 0 Å². The van der Waals surface area contributed by atoms with E-state index >= 15 is 0 Å². The van der Waals surface area contributed by atoms with Gasteiger partial charge in [0, 0.05) is 10.7 Å². The lowest BCUT2D eigenvalue weighted by Crippen LogP contribution is -2.13. The third-order valence-electron chi connectivity index (χ3n) is 1.41. The molecular formula is C9H8Br2N2. The van der Waals surface area contributed by atoms with Crippen LogP contribution >= 0.6 is 31.9 Å². The van der Waals surface area contributed by atoms with Crippen molar-refractivity contribution < 1.29 is 0 Å². The summed E-state index contributed by atoms with van der Waals surface area (Å²) >= 11 is 6.70. The molecule has 1 aromatic heterocycles. The van der Waals surface area contributed by atoms with E-state index in [9.17, 15) is 0 Å². The van der Waals surface area contributed by atoms with E-state index < -0.39 is 0 Å². The number of hydrogen-bond acceptors (Lipinski definition) is 2. The Morgan fingerprint density at radius 1 is 1.62 bits per heavy atom. The first-order chi connectivity index (χ1) is 6.13. The maximum atomic E-state index is 5.24. The Kier molecular flexibility index (Phi) is 3.76. The summed E-state index contributed by atoms with van der Waals surface area (Å²) in [5.41, 5.74) is 0. The van der Waals surface area contributed by atoms with Gasteiger partial charge in [-0.2, -0.15) is 0 Å². The van der Waals surface area contributed by atoms with Crippen molar-refractivity contribution in [2.75, 3.05) is 5.32 Å². The van der Waals surface area contributed by atoms with Crippen molar-refractivity contribution in [1.82, 2.24) is 4.98 Å². The Balaban J connectivity index is 2.85. The van der Waals surface area contributed by atoms with Crippen LogP contribution in [0.5, 0.6) is 0 Å². The highest BCUT2D eigenvalue weighted by atomic mass is 79.9. The molecule has 0 fully saturated rings. The van der Waals surface area contributed by atoms with Gasteiger partial charge in [-0.1, -0.05) is 5.92 Å². The molecule has 0 aliphatic heterocycles. The van der Waals surface area contributed by atoms with Gasteiger partial charge in [-0.3, -0.25) is 0 Å². The monoisotopic (exact) mass is 302 g/mol. The van der Waals surface area contributed by atoms with Crippen LogP contribution in [-0.2, 0) is 0 Å². The lowest BCUT2D eigenvalue weighted by molar-refractivity contribution is 1.01. The first kappa shape index (κ1) is 10.6. The summed E-state index contributed by atoms with van der Waals surface area (Å²) in [6.45, 7) is 1.90. The molecule has 1 N–H and O–H groups in total. The van der Waals surface area contributed by atoms with Crippen LogP contribution in [0.1, 0.15) is 6.92 Å². The van der Waals surface area contributed by atoms with Crippen molar-refractivity contribution in [2.45, 2.75) is 13.0 Å². The highest BCUT2D eigenvalue weighted by Gasteiger charge is 2.03. The lowest BCUT2D eigenvalue weighted by Gasteiger charge is -2.09. The van der Waals surface area contributed by atoms with Crippen molar-refractivity contribution in [1.29, 1.82) is 0 Å². The normalized spacial score (nSPS) is 11.8. The van der Waals surface area contributed by atoms with Crippen LogP contribution in [0.15, 0.2) is 21.2 Å². The lowest BCUT2D eigenvalue weighted by atomic mass is 10.3. The van der Waals surface area contributed by atoms with Crippen molar-refractivity contribution in [3.63, 3.8) is 0 Å². The molecule has 1 atom stereocenters. The molecule has 1 aromatic rings. The molecule has 1 rings (SSSR count). The molecule has 0 saturated carbocycles. The minimum absolute atomic E-state index is 0.0232. The molecule has 1 unspecified atom stereocenters. The molecule has 1 heterocycles. The Morgan fingerprint density at radius 3 is 2.85 bits per heavy atom. The Morgan fingerprint density at radius 2 is 2.31 bits per heavy atom. The van der Waals surface area contributed by atoms with E-state index in [0.29, 0.717) is 0 Å². The molecular weight excluding hydrogens is 296 g/mol. The van der Waals surface area contributed by atoms with Crippen LogP contribution < -0.4 is 5.32 Å². The summed E-state index contributed by atoms with van der Waals surface area (Å²) in [6.07, 6.45) is 6.95. The van der Waals surface area contributed by atoms with E-state index in [-0.39, 0.29) is 6.04 Å². The maximum Gasteiger partial charge on any atom is 0.141 e. The standard InChI is InChI=1S/C9H8Br2N2/c1-3-6(2)13-9-8(11)4-7(10)5-12-9/h1,4-6H,2H3,(H,12,13). The quantitative estimate of drug-likeness (QED) is 0.850. The Hall–Kier alpha value is -0.530. The molecule has 0 spiro atoms. The molecule has 0 radical (unpaired) electrons. The number of nitrogens with one attached hydrogen (secondary N) is 1. The molecule has 2 nitrogen and oxygen atoms in total. The van der Waals surface area contributed by atoms with Crippen molar-refractivity contribution in [2.24, 2.45) is 0 Å². The predicted octanol–water partition coefficient (Wildman–Crippen LogP) is 3.04. The summed E-state index contributed by atoms with van der Waals surface area (Å²) < 4.78 is 1.82. The molecule has 4 heteroatoms. The summed E-state index contributed by atoms with van der Waals surface area (Å²) in [5, 5.41) is 3.07. The van der Waals surface area contributed by atoms with E-state index in [1.165, 1.54) is 0 Å². The number of aromatic nitrogens is 1. The third-order valence-corrected chi connectivity index (χ3v) is 2.45. The van der Waals surface area contributed by atoms with E-state index in [1.807, 2.05) is 13.0 Å². The van der Waals surface area contributed by atoms with Gasteiger partial charge in [0.2, 0.25) is 0 Å². The molecule has 0 aliphatic carbocycles. The molecule has 0 aromatic carbocycles. The first-order valence-electron chi connectivity index (χ1n) is 3.67. The zero-order valence-electron chi connectivity index (χ0n) is 7.01. The SMILES string of the molecule is C#CC(C)Nc1ncc(Br)cc1Br. The van der Waals surface area contributed by atoms with Gasteiger partial charge in [-0.05, 0) is 44.8 Å². The third kappa shape index (κ3) is 3.02. The van der Waals surface area contributed by atoms with Crippen LogP contribution in [0.25, 0.3) is 0 Å². The van der Waals surface area contributed by atoms with Crippen LogP contribution in [0, 0.1) is 12.3 Å². The van der Waals surface area contributed by atoms with Crippen LogP contribution in [0.2, 0.25) is 0 Å². The summed E-state index contributed by atoms with van der Waals surface area (Å²) in [4.78, 5) is 4.17. The second-order valence-electron chi connectivity index (χ2n) is 2.52. The van der Waals surface area contributed by atoms with Gasteiger partial charge >= 0.3 is 0 Å². The molecule has 0 saturated heterocycles. The van der Waals surface area contributed by atoms with Crippen LogP contribution in [-0.4, -0.2) is 11.0 Å². The molecule has 68 valence electrons. The molecule has 0 bridgehead atoms. The van der Waals surface area contributed by atoms with Gasteiger partial charge in [-0.25, -0.2) is 4.98 Å². The summed E-state index contributed by atoms with van der Waals surface area (Å²) in [7, 11) is 0. The van der Waals surface area contributed by atoms with E-state index in [2.05, 4.69) is 48.1 Å². The van der Waals surface area contributed by atoms with Crippen molar-refractivity contribution in [3.8, 4) is 12.3 Å². The van der Waals surface area contributed by atoms with Crippen molar-refractivity contribution in [3.05, 3.63) is 21.2 Å². The number of pyridine rings is 1. The second-order valence-corrected chi connectivity index (χ2v) is 4.29. The number of anilines is 1. The Labute approximate surface area is 94.4 Å². The van der Waals surface area contributed by atoms with Crippen LogP contribution in [0.3, 0.4) is 0 Å². The molecule has 13 heavy (non-hydrogen) atoms. The fourth-order valence-electron chi connectivity index (χ4n) is 0.768. The van der Waals surface area contributed by atoms with Gasteiger partial charge in [0.05, 0.1) is 10.5 Å². The fourth-order valence-corrected chi connectivity index (χ4v) is 1.87. The fraction of sp³-hybridized carbons (Fsp3) is 0.222. The van der Waals surface area contributed by atoms with E-state index in [1.54, 1.807) is 6.20 Å². The first-order valence-corrected chi connectivity index (χ1v) is 5.26. The van der Waals surface area contributed by atoms with E-state index in [0.717, 1.165) is 14.8 Å². The molecule has 0 amide bonds. The number of halogens is 2. The minimum atomic E-state index is -0.0232. The van der Waals surface area contributed by atoms with Gasteiger partial charge in [0.25, 0.3) is 0 Å². The largest absolute Gasteiger partial charge is 0.356 e. The second kappa shape index (κ2) is 4.64. The zero-order chi connectivity index (χ0) is 9.84. The average molecular weight is 304 g/mol. The number of hydrogen-bond donors (Lipinski definition) is 1. The minimum Gasteiger partial charge on any atom is -0.356 e. The van der Waals surface area contributed by atoms with Crippen LogP contribution in [0.4, 0.5) is 5.82 Å². The topological polar surface area (TPSA) is 24.9 Å². The number of nitrogens with zero attached hydrogens (tertiary/aromatic N) is 1. The summed E-state index contributed by atoms with van der Waals surface area (Å²) in [6, 6.07) is 1.89. The zero-order valence-corrected chi connectivity index (χ0v) is 10.2. The summed E-state index contributed by atoms with van der Waals surface area (Å²) in [5.74, 6) is 3.33. The molecule has 0 aliphatic rings. The Bertz CT molecular complexity index is 344. The average Bonchev–Trinajstić information content (AvgIpc) is 2.09. The van der Waals surface area contributed by atoms with Crippen molar-refractivity contribution >= 4 is 37.7 Å².